The Morgan fingerprint density at radius 1 is 0.872 bits per heavy atom. The van der Waals surface area contributed by atoms with E-state index in [1.165, 1.54) is 20.7 Å². The number of carbonyl (C=O) groups is 1. The van der Waals surface area contributed by atoms with E-state index in [-0.39, 0.29) is 28.9 Å². The third-order valence-electron chi connectivity index (χ3n) is 7.39. The highest BCUT2D eigenvalue weighted by atomic mass is 32.2. The summed E-state index contributed by atoms with van der Waals surface area (Å²) in [4.78, 5) is 13.4. The molecule has 2 aromatic rings. The van der Waals surface area contributed by atoms with Crippen molar-refractivity contribution in [3.8, 4) is 5.75 Å². The Balaban J connectivity index is 1.42. The first-order valence-corrected chi connectivity index (χ1v) is 16.7. The van der Waals surface area contributed by atoms with Crippen LogP contribution in [0.2, 0.25) is 0 Å². The van der Waals surface area contributed by atoms with Gasteiger partial charge in [-0.25, -0.2) is 16.8 Å². The van der Waals surface area contributed by atoms with Gasteiger partial charge in [0, 0.05) is 25.7 Å². The molecule has 0 spiro atoms. The molecule has 0 unspecified atom stereocenters. The Bertz CT molecular complexity index is 1300. The first-order valence-electron chi connectivity index (χ1n) is 13.8. The summed E-state index contributed by atoms with van der Waals surface area (Å²) in [6, 6.07) is 12.6. The number of carbonyl (C=O) groups excluding carboxylic acids is 1. The van der Waals surface area contributed by atoms with E-state index >= 15 is 0 Å². The molecule has 214 valence electrons. The molecule has 1 amide bonds. The number of sulfonamides is 2. The van der Waals surface area contributed by atoms with E-state index in [2.05, 4.69) is 5.32 Å². The summed E-state index contributed by atoms with van der Waals surface area (Å²) in [7, 11) is -7.42. The Morgan fingerprint density at radius 2 is 1.46 bits per heavy atom. The zero-order valence-electron chi connectivity index (χ0n) is 22.5. The van der Waals surface area contributed by atoms with Crippen molar-refractivity contribution in [2.75, 3.05) is 26.2 Å². The fourth-order valence-electron chi connectivity index (χ4n) is 5.22. The van der Waals surface area contributed by atoms with Crippen LogP contribution in [0, 0.1) is 0 Å². The van der Waals surface area contributed by atoms with Gasteiger partial charge >= 0.3 is 0 Å². The molecule has 2 fully saturated rings. The van der Waals surface area contributed by atoms with Crippen LogP contribution < -0.4 is 10.1 Å². The highest BCUT2D eigenvalue weighted by Crippen LogP contribution is 2.28. The summed E-state index contributed by atoms with van der Waals surface area (Å²) in [6.07, 6.45) is 7.13. The molecule has 11 heteroatoms. The maximum atomic E-state index is 13.6. The van der Waals surface area contributed by atoms with Crippen LogP contribution in [0.5, 0.6) is 5.75 Å². The molecule has 0 radical (unpaired) electrons. The van der Waals surface area contributed by atoms with Crippen LogP contribution in [-0.2, 0) is 31.4 Å². The van der Waals surface area contributed by atoms with Crippen LogP contribution in [0.4, 0.5) is 0 Å². The van der Waals surface area contributed by atoms with Crippen LogP contribution in [0.3, 0.4) is 0 Å². The van der Waals surface area contributed by atoms with E-state index in [4.69, 9.17) is 4.74 Å². The molecule has 39 heavy (non-hydrogen) atoms. The Labute approximate surface area is 232 Å². The molecular formula is C28H39N3O6S2. The fourth-order valence-corrected chi connectivity index (χ4v) is 8.38. The summed E-state index contributed by atoms with van der Waals surface area (Å²) in [5.41, 5.74) is 0.736. The molecule has 1 N–H and O–H groups in total. The Morgan fingerprint density at radius 3 is 2.08 bits per heavy atom. The molecule has 1 aliphatic heterocycles. The smallest absolute Gasteiger partial charge is 0.243 e. The van der Waals surface area contributed by atoms with Crippen LogP contribution in [0.25, 0.3) is 0 Å². The predicted octanol–water partition coefficient (Wildman–Crippen LogP) is 3.90. The Kier molecular flexibility index (Phi) is 10.0. The molecule has 1 saturated heterocycles. The van der Waals surface area contributed by atoms with Gasteiger partial charge in [0.25, 0.3) is 0 Å². The summed E-state index contributed by atoms with van der Waals surface area (Å²) in [5, 5.41) is 2.81. The van der Waals surface area contributed by atoms with Gasteiger partial charge in [-0.2, -0.15) is 8.61 Å². The fraction of sp³-hybridized carbons (Fsp3) is 0.536. The summed E-state index contributed by atoms with van der Waals surface area (Å²) in [6.45, 7) is 3.32. The average Bonchev–Trinajstić information content (AvgIpc) is 2.96. The van der Waals surface area contributed by atoms with E-state index < -0.39 is 26.0 Å². The van der Waals surface area contributed by atoms with Gasteiger partial charge in [-0.15, -0.1) is 0 Å². The van der Waals surface area contributed by atoms with Gasteiger partial charge in [0.1, 0.15) is 5.75 Å². The van der Waals surface area contributed by atoms with E-state index in [0.717, 1.165) is 56.9 Å². The van der Waals surface area contributed by atoms with Crippen molar-refractivity contribution in [1.29, 1.82) is 0 Å². The number of piperidine rings is 1. The van der Waals surface area contributed by atoms with Gasteiger partial charge in [0.15, 0.2) is 0 Å². The second-order valence-corrected chi connectivity index (χ2v) is 14.0. The zero-order valence-corrected chi connectivity index (χ0v) is 24.2. The number of hydrogen-bond acceptors (Lipinski definition) is 6. The van der Waals surface area contributed by atoms with E-state index in [1.54, 1.807) is 36.4 Å². The van der Waals surface area contributed by atoms with E-state index in [1.807, 2.05) is 6.92 Å². The first kappa shape index (κ1) is 29.5. The molecule has 1 heterocycles. The van der Waals surface area contributed by atoms with Crippen LogP contribution in [-0.4, -0.2) is 63.6 Å². The number of ether oxygens (including phenoxy) is 1. The van der Waals surface area contributed by atoms with Gasteiger partial charge < -0.3 is 10.1 Å². The molecule has 9 nitrogen and oxygen atoms in total. The minimum atomic E-state index is -3.90. The SMILES string of the molecule is CCOc1ccc(S(=O)(=O)N(CC(=O)NCc2ccc(S(=O)(=O)N3CCCCC3)cc2)C2CCCCC2)cc1. The lowest BCUT2D eigenvalue weighted by atomic mass is 9.95. The van der Waals surface area contributed by atoms with Gasteiger partial charge in [-0.05, 0) is 74.6 Å². The quantitative estimate of drug-likeness (QED) is 0.434. The lowest BCUT2D eigenvalue weighted by Gasteiger charge is -2.33. The van der Waals surface area contributed by atoms with E-state index in [0.29, 0.717) is 25.4 Å². The average molecular weight is 578 g/mol. The number of nitrogens with zero attached hydrogens (tertiary/aromatic N) is 2. The van der Waals surface area contributed by atoms with Crippen LogP contribution in [0.15, 0.2) is 58.3 Å². The van der Waals surface area contributed by atoms with Crippen molar-refractivity contribution in [2.24, 2.45) is 0 Å². The summed E-state index contributed by atoms with van der Waals surface area (Å²) in [5.74, 6) is 0.188. The molecule has 1 saturated carbocycles. The molecule has 2 aliphatic rings. The number of amides is 1. The van der Waals surface area contributed by atoms with Gasteiger partial charge in [0.2, 0.25) is 26.0 Å². The second-order valence-electron chi connectivity index (χ2n) is 10.1. The maximum Gasteiger partial charge on any atom is 0.243 e. The Hall–Kier alpha value is -2.47. The molecule has 0 atom stereocenters. The van der Waals surface area contributed by atoms with Crippen molar-refractivity contribution in [2.45, 2.75) is 80.7 Å². The molecule has 1 aliphatic carbocycles. The minimum absolute atomic E-state index is 0.134. The molecule has 0 bridgehead atoms. The largest absolute Gasteiger partial charge is 0.494 e. The normalized spacial score (nSPS) is 17.7. The number of rotatable bonds is 11. The number of hydrogen-bond donors (Lipinski definition) is 1. The predicted molar refractivity (Wildman–Crippen MR) is 149 cm³/mol. The monoisotopic (exact) mass is 577 g/mol. The standard InChI is InChI=1S/C28H39N3O6S2/c1-2-37-25-13-17-27(18-14-25)39(35,36)31(24-9-5-3-6-10-24)22-28(32)29-21-23-11-15-26(16-12-23)38(33,34)30-19-7-4-8-20-30/h11-18,24H,2-10,19-22H2,1H3,(H,29,32). The van der Waals surface area contributed by atoms with Crippen molar-refractivity contribution >= 4 is 26.0 Å². The lowest BCUT2D eigenvalue weighted by molar-refractivity contribution is -0.121. The molecule has 0 aromatic heterocycles. The minimum Gasteiger partial charge on any atom is -0.494 e. The third-order valence-corrected chi connectivity index (χ3v) is 11.2. The molecular weight excluding hydrogens is 538 g/mol. The van der Waals surface area contributed by atoms with Crippen LogP contribution in [0.1, 0.15) is 63.9 Å². The molecule has 4 rings (SSSR count). The van der Waals surface area contributed by atoms with Gasteiger partial charge in [-0.3, -0.25) is 4.79 Å². The van der Waals surface area contributed by atoms with E-state index in [9.17, 15) is 21.6 Å². The zero-order chi connectivity index (χ0) is 27.9. The first-order chi connectivity index (χ1) is 18.7. The van der Waals surface area contributed by atoms with Crippen molar-refractivity contribution in [3.63, 3.8) is 0 Å². The van der Waals surface area contributed by atoms with Crippen molar-refractivity contribution in [3.05, 3.63) is 54.1 Å². The third kappa shape index (κ3) is 7.39. The highest BCUT2D eigenvalue weighted by Gasteiger charge is 2.34. The van der Waals surface area contributed by atoms with Crippen molar-refractivity contribution < 1.29 is 26.4 Å². The van der Waals surface area contributed by atoms with Gasteiger partial charge in [-0.1, -0.05) is 37.8 Å². The van der Waals surface area contributed by atoms with Gasteiger partial charge in [0.05, 0.1) is 22.9 Å². The number of benzene rings is 2. The summed E-state index contributed by atoms with van der Waals surface area (Å²) < 4.78 is 61.3. The van der Waals surface area contributed by atoms with Crippen LogP contribution >= 0.6 is 0 Å². The topological polar surface area (TPSA) is 113 Å². The second kappa shape index (κ2) is 13.3. The lowest BCUT2D eigenvalue weighted by Crippen LogP contribution is -2.46. The molecule has 2 aromatic carbocycles. The summed E-state index contributed by atoms with van der Waals surface area (Å²) >= 11 is 0. The number of nitrogens with one attached hydrogen (secondary N) is 1. The van der Waals surface area contributed by atoms with Crippen molar-refractivity contribution in [1.82, 2.24) is 13.9 Å². The maximum absolute atomic E-state index is 13.6. The highest BCUT2D eigenvalue weighted by molar-refractivity contribution is 7.89.